The molecule has 0 unspecified atom stereocenters. The molecule has 0 radical (unpaired) electrons. The Morgan fingerprint density at radius 3 is 2.67 bits per heavy atom. The van der Waals surface area contributed by atoms with E-state index in [1.165, 1.54) is 6.92 Å². The highest BCUT2D eigenvalue weighted by Gasteiger charge is 2.10. The van der Waals surface area contributed by atoms with Gasteiger partial charge in [0.25, 0.3) is 5.91 Å². The lowest BCUT2D eigenvalue weighted by Gasteiger charge is -1.99. The van der Waals surface area contributed by atoms with E-state index in [1.54, 1.807) is 6.07 Å². The van der Waals surface area contributed by atoms with E-state index in [-0.39, 0.29) is 17.9 Å². The maximum Gasteiger partial charge on any atom is 0.266 e. The Morgan fingerprint density at radius 2 is 2.33 bits per heavy atom. The van der Waals surface area contributed by atoms with Crippen LogP contribution in [0.3, 0.4) is 0 Å². The van der Waals surface area contributed by atoms with Gasteiger partial charge in [0.15, 0.2) is 5.57 Å². The van der Waals surface area contributed by atoms with Crippen molar-refractivity contribution in [3.63, 3.8) is 0 Å². The zero-order chi connectivity index (χ0) is 9.56. The largest absolute Gasteiger partial charge is 0.511 e. The van der Waals surface area contributed by atoms with Crippen molar-refractivity contribution in [2.45, 2.75) is 6.92 Å². The van der Waals surface area contributed by atoms with Gasteiger partial charge in [0.2, 0.25) is 0 Å². The minimum Gasteiger partial charge on any atom is -0.511 e. The van der Waals surface area contributed by atoms with E-state index in [0.29, 0.717) is 0 Å². The van der Waals surface area contributed by atoms with E-state index >= 15 is 0 Å². The van der Waals surface area contributed by atoms with Crippen molar-refractivity contribution in [3.8, 4) is 18.4 Å². The number of rotatable bonds is 2. The normalized spacial score (nSPS) is 10.6. The standard InChI is InChI=1S/C8H8N2O2/c1-3-4-10-8(12)7(5-9)6(2)11/h1,11H,4H2,2H3,(H,10,12). The van der Waals surface area contributed by atoms with Gasteiger partial charge in [-0.25, -0.2) is 0 Å². The van der Waals surface area contributed by atoms with Crippen LogP contribution in [0.4, 0.5) is 0 Å². The monoisotopic (exact) mass is 164 g/mol. The predicted octanol–water partition coefficient (Wildman–Crippen LogP) is 0.0914. The van der Waals surface area contributed by atoms with Gasteiger partial charge < -0.3 is 10.4 Å². The average Bonchev–Trinajstić information content (AvgIpc) is 2.01. The molecule has 0 fully saturated rings. The van der Waals surface area contributed by atoms with E-state index in [0.717, 1.165) is 0 Å². The van der Waals surface area contributed by atoms with E-state index in [4.69, 9.17) is 16.8 Å². The zero-order valence-corrected chi connectivity index (χ0v) is 6.59. The minimum atomic E-state index is -0.657. The first kappa shape index (κ1) is 10.1. The summed E-state index contributed by atoms with van der Waals surface area (Å²) in [4.78, 5) is 10.9. The summed E-state index contributed by atoms with van der Waals surface area (Å²) in [6, 6.07) is 1.56. The molecular weight excluding hydrogens is 156 g/mol. The van der Waals surface area contributed by atoms with Crippen molar-refractivity contribution in [2.75, 3.05) is 6.54 Å². The summed E-state index contributed by atoms with van der Waals surface area (Å²) < 4.78 is 0. The fraction of sp³-hybridized carbons (Fsp3) is 0.250. The van der Waals surface area contributed by atoms with Gasteiger partial charge in [-0.05, 0) is 6.92 Å². The SMILES string of the molecule is C#CCNC(=O)C(C#N)=C(C)O. The van der Waals surface area contributed by atoms with Crippen LogP contribution in [-0.4, -0.2) is 17.6 Å². The molecule has 1 amide bonds. The Morgan fingerprint density at radius 1 is 1.75 bits per heavy atom. The van der Waals surface area contributed by atoms with Crippen molar-refractivity contribution in [3.05, 3.63) is 11.3 Å². The second kappa shape index (κ2) is 4.81. The Kier molecular flexibility index (Phi) is 4.03. The molecular formula is C8H8N2O2. The number of carbonyl (C=O) groups excluding carboxylic acids is 1. The molecule has 4 heteroatoms. The van der Waals surface area contributed by atoms with Crippen LogP contribution in [0.1, 0.15) is 6.92 Å². The number of terminal acetylenes is 1. The summed E-state index contributed by atoms with van der Waals surface area (Å²) >= 11 is 0. The Hall–Kier alpha value is -1.94. The molecule has 0 aliphatic heterocycles. The van der Waals surface area contributed by atoms with Crippen LogP contribution in [-0.2, 0) is 4.79 Å². The minimum absolute atomic E-state index is 0.0390. The number of hydrogen-bond acceptors (Lipinski definition) is 3. The molecule has 0 spiro atoms. The summed E-state index contributed by atoms with van der Waals surface area (Å²) in [6.45, 7) is 1.30. The third-order valence-electron chi connectivity index (χ3n) is 1.05. The van der Waals surface area contributed by atoms with Crippen molar-refractivity contribution < 1.29 is 9.90 Å². The van der Waals surface area contributed by atoms with Gasteiger partial charge in [-0.15, -0.1) is 6.42 Å². The van der Waals surface area contributed by atoms with Gasteiger partial charge in [-0.1, -0.05) is 5.92 Å². The first-order chi connectivity index (χ1) is 5.63. The molecule has 0 heterocycles. The maximum atomic E-state index is 10.9. The number of nitrogens with one attached hydrogen (secondary N) is 1. The van der Waals surface area contributed by atoms with Crippen molar-refractivity contribution in [1.29, 1.82) is 5.26 Å². The summed E-state index contributed by atoms with van der Waals surface area (Å²) in [5.41, 5.74) is -0.315. The van der Waals surface area contributed by atoms with E-state index in [1.807, 2.05) is 0 Å². The highest BCUT2D eigenvalue weighted by atomic mass is 16.3. The van der Waals surface area contributed by atoms with E-state index in [2.05, 4.69) is 11.2 Å². The highest BCUT2D eigenvalue weighted by molar-refractivity contribution is 5.97. The van der Waals surface area contributed by atoms with Gasteiger partial charge in [0, 0.05) is 0 Å². The molecule has 4 nitrogen and oxygen atoms in total. The number of allylic oxidation sites excluding steroid dienone is 1. The number of aliphatic hydroxyl groups is 1. The summed E-state index contributed by atoms with van der Waals surface area (Å²) in [7, 11) is 0. The molecule has 62 valence electrons. The number of nitriles is 1. The third-order valence-corrected chi connectivity index (χ3v) is 1.05. The topological polar surface area (TPSA) is 73.1 Å². The smallest absolute Gasteiger partial charge is 0.266 e. The van der Waals surface area contributed by atoms with Crippen LogP contribution < -0.4 is 5.32 Å². The molecule has 0 atom stereocenters. The molecule has 0 saturated heterocycles. The van der Waals surface area contributed by atoms with Gasteiger partial charge >= 0.3 is 0 Å². The molecule has 0 saturated carbocycles. The van der Waals surface area contributed by atoms with Crippen LogP contribution in [0, 0.1) is 23.7 Å². The van der Waals surface area contributed by atoms with E-state index in [9.17, 15) is 4.79 Å². The second-order valence-electron chi connectivity index (χ2n) is 1.96. The number of nitrogens with zero attached hydrogens (tertiary/aromatic N) is 1. The number of aliphatic hydroxyl groups excluding tert-OH is 1. The fourth-order valence-electron chi connectivity index (χ4n) is 0.516. The Balaban J connectivity index is 4.41. The van der Waals surface area contributed by atoms with Gasteiger partial charge in [0.1, 0.15) is 11.8 Å². The van der Waals surface area contributed by atoms with Crippen LogP contribution in [0.25, 0.3) is 0 Å². The average molecular weight is 164 g/mol. The molecule has 0 aliphatic carbocycles. The van der Waals surface area contributed by atoms with Crippen molar-refractivity contribution >= 4 is 5.91 Å². The molecule has 0 rings (SSSR count). The van der Waals surface area contributed by atoms with Gasteiger partial charge in [-0.3, -0.25) is 4.79 Å². The number of amides is 1. The van der Waals surface area contributed by atoms with Gasteiger partial charge in [-0.2, -0.15) is 5.26 Å². The summed E-state index contributed by atoms with van der Waals surface area (Å²) in [5.74, 6) is 1.20. The molecule has 0 aliphatic rings. The zero-order valence-electron chi connectivity index (χ0n) is 6.59. The van der Waals surface area contributed by atoms with Crippen LogP contribution in [0.15, 0.2) is 11.3 Å². The van der Waals surface area contributed by atoms with Crippen LogP contribution >= 0.6 is 0 Å². The second-order valence-corrected chi connectivity index (χ2v) is 1.96. The molecule has 0 bridgehead atoms. The Labute approximate surface area is 70.5 Å². The highest BCUT2D eigenvalue weighted by Crippen LogP contribution is 1.98. The maximum absolute atomic E-state index is 10.9. The molecule has 0 aromatic rings. The lowest BCUT2D eigenvalue weighted by Crippen LogP contribution is -2.25. The van der Waals surface area contributed by atoms with Crippen molar-refractivity contribution in [1.82, 2.24) is 5.32 Å². The van der Waals surface area contributed by atoms with Crippen molar-refractivity contribution in [2.24, 2.45) is 0 Å². The van der Waals surface area contributed by atoms with E-state index < -0.39 is 5.91 Å². The first-order valence-electron chi connectivity index (χ1n) is 3.15. The molecule has 0 aromatic carbocycles. The quantitative estimate of drug-likeness (QED) is 0.263. The predicted molar refractivity (Wildman–Crippen MR) is 42.8 cm³/mol. The van der Waals surface area contributed by atoms with Crippen LogP contribution in [0.5, 0.6) is 0 Å². The Bertz CT molecular complexity index is 287. The fourth-order valence-corrected chi connectivity index (χ4v) is 0.516. The number of carbonyl (C=O) groups is 1. The third kappa shape index (κ3) is 2.76. The summed E-state index contributed by atoms with van der Waals surface area (Å²) in [5, 5.41) is 19.5. The lowest BCUT2D eigenvalue weighted by molar-refractivity contribution is -0.117. The van der Waals surface area contributed by atoms with Gasteiger partial charge in [0.05, 0.1) is 6.54 Å². The number of hydrogen-bond donors (Lipinski definition) is 2. The summed E-state index contributed by atoms with van der Waals surface area (Å²) in [6.07, 6.45) is 4.87. The molecule has 12 heavy (non-hydrogen) atoms. The first-order valence-corrected chi connectivity index (χ1v) is 3.15. The molecule has 2 N–H and O–H groups in total. The van der Waals surface area contributed by atoms with Crippen LogP contribution in [0.2, 0.25) is 0 Å². The lowest BCUT2D eigenvalue weighted by atomic mass is 10.2. The molecule has 0 aromatic heterocycles.